The first-order valence-electron chi connectivity index (χ1n) is 5.28. The molecule has 17 heavy (non-hydrogen) atoms. The zero-order valence-electron chi connectivity index (χ0n) is 9.59. The summed E-state index contributed by atoms with van der Waals surface area (Å²) in [5, 5.41) is 2.18. The van der Waals surface area contributed by atoms with Gasteiger partial charge in [-0.05, 0) is 25.0 Å². The summed E-state index contributed by atoms with van der Waals surface area (Å²) in [6.07, 6.45) is -0.804. The van der Waals surface area contributed by atoms with E-state index in [4.69, 9.17) is 0 Å². The van der Waals surface area contributed by atoms with Gasteiger partial charge < -0.3 is 10.1 Å². The van der Waals surface area contributed by atoms with E-state index < -0.39 is 24.7 Å². The lowest BCUT2D eigenvalue weighted by Crippen LogP contribution is -2.49. The van der Waals surface area contributed by atoms with Gasteiger partial charge in [-0.3, -0.25) is 0 Å². The molecule has 1 heterocycles. The van der Waals surface area contributed by atoms with Gasteiger partial charge >= 0.3 is 12.0 Å². The fraction of sp³-hybridized carbons (Fsp3) is 0.417. The molecule has 0 aromatic heterocycles. The lowest BCUT2D eigenvalue weighted by atomic mass is 9.94. The molecule has 0 saturated carbocycles. The van der Waals surface area contributed by atoms with Crippen LogP contribution in [0.25, 0.3) is 0 Å². The molecule has 1 aromatic carbocycles. The average Bonchev–Trinajstić information content (AvgIpc) is 2.26. The number of ether oxygens (including phenoxy) is 1. The second kappa shape index (κ2) is 3.98. The Morgan fingerprint density at radius 1 is 1.41 bits per heavy atom. The molecule has 1 aromatic rings. The van der Waals surface area contributed by atoms with Gasteiger partial charge in [0.1, 0.15) is 6.04 Å². The molecule has 0 unspecified atom stereocenters. The third-order valence-corrected chi connectivity index (χ3v) is 2.83. The Morgan fingerprint density at radius 3 is 2.82 bits per heavy atom. The molecule has 3 nitrogen and oxygen atoms in total. The molecule has 1 N–H and O–H groups in total. The summed E-state index contributed by atoms with van der Waals surface area (Å²) in [5.74, 6) is -3.09. The van der Waals surface area contributed by atoms with E-state index in [0.717, 1.165) is 11.1 Å². The highest BCUT2D eigenvalue weighted by Crippen LogP contribution is 2.36. The fourth-order valence-electron chi connectivity index (χ4n) is 1.89. The van der Waals surface area contributed by atoms with Gasteiger partial charge in [0.2, 0.25) is 0 Å². The number of alkyl carbamates (subject to hydrolysis) is 1. The van der Waals surface area contributed by atoms with Crippen molar-refractivity contribution >= 4 is 6.09 Å². The number of halogens is 2. The number of rotatable bonds is 1. The van der Waals surface area contributed by atoms with Gasteiger partial charge in [0.25, 0.3) is 0 Å². The molecule has 0 spiro atoms. The largest absolute Gasteiger partial charge is 0.443 e. The standard InChI is InChI=1S/C12H13F2NO2/c1-7-3-4-8(2)9(5-7)10-12(13,14)6-17-11(16)15-10/h3-5,10H,6H2,1-2H3,(H,15,16)/t10-/m1/s1. The van der Waals surface area contributed by atoms with Crippen LogP contribution in [0.15, 0.2) is 18.2 Å². The number of aryl methyl sites for hydroxylation is 2. The maximum Gasteiger partial charge on any atom is 0.408 e. The lowest BCUT2D eigenvalue weighted by Gasteiger charge is -2.32. The minimum Gasteiger partial charge on any atom is -0.443 e. The van der Waals surface area contributed by atoms with Crippen LogP contribution in [0.5, 0.6) is 0 Å². The van der Waals surface area contributed by atoms with Crippen molar-refractivity contribution in [3.8, 4) is 0 Å². The molecule has 1 amide bonds. The number of amides is 1. The normalized spacial score (nSPS) is 22.8. The second-order valence-corrected chi connectivity index (χ2v) is 4.27. The van der Waals surface area contributed by atoms with Crippen LogP contribution < -0.4 is 5.32 Å². The minimum absolute atomic E-state index is 0.437. The van der Waals surface area contributed by atoms with Gasteiger partial charge in [-0.1, -0.05) is 23.8 Å². The monoisotopic (exact) mass is 241 g/mol. The number of cyclic esters (lactones) is 1. The SMILES string of the molecule is Cc1ccc(C)c([C@H]2NC(=O)OCC2(F)F)c1. The third kappa shape index (κ3) is 2.23. The second-order valence-electron chi connectivity index (χ2n) is 4.27. The Labute approximate surface area is 97.8 Å². The van der Waals surface area contributed by atoms with E-state index in [1.165, 1.54) is 0 Å². The number of nitrogens with one attached hydrogen (secondary N) is 1. The van der Waals surface area contributed by atoms with Gasteiger partial charge in [-0.15, -0.1) is 0 Å². The van der Waals surface area contributed by atoms with Crippen molar-refractivity contribution < 1.29 is 18.3 Å². The molecule has 0 bridgehead atoms. The zero-order chi connectivity index (χ0) is 12.6. The lowest BCUT2D eigenvalue weighted by molar-refractivity contribution is -0.104. The van der Waals surface area contributed by atoms with Crippen molar-refractivity contribution in [3.05, 3.63) is 34.9 Å². The summed E-state index contributed by atoms with van der Waals surface area (Å²) in [7, 11) is 0. The van der Waals surface area contributed by atoms with Crippen LogP contribution in [-0.2, 0) is 4.74 Å². The van der Waals surface area contributed by atoms with Crippen LogP contribution >= 0.6 is 0 Å². The van der Waals surface area contributed by atoms with E-state index in [2.05, 4.69) is 10.1 Å². The Bertz CT molecular complexity index is 460. The van der Waals surface area contributed by atoms with Crippen molar-refractivity contribution in [2.24, 2.45) is 0 Å². The fourth-order valence-corrected chi connectivity index (χ4v) is 1.89. The number of benzene rings is 1. The van der Waals surface area contributed by atoms with E-state index in [9.17, 15) is 13.6 Å². The summed E-state index contributed by atoms with van der Waals surface area (Å²) in [5.41, 5.74) is 2.04. The van der Waals surface area contributed by atoms with Crippen molar-refractivity contribution in [1.82, 2.24) is 5.32 Å². The van der Waals surface area contributed by atoms with Gasteiger partial charge in [0, 0.05) is 0 Å². The highest BCUT2D eigenvalue weighted by atomic mass is 19.3. The van der Waals surface area contributed by atoms with E-state index in [0.29, 0.717) is 5.56 Å². The molecule has 92 valence electrons. The zero-order valence-corrected chi connectivity index (χ0v) is 9.59. The average molecular weight is 241 g/mol. The molecule has 1 fully saturated rings. The number of hydrogen-bond donors (Lipinski definition) is 1. The highest BCUT2D eigenvalue weighted by Gasteiger charge is 2.47. The molecule has 5 heteroatoms. The van der Waals surface area contributed by atoms with Crippen LogP contribution in [0.1, 0.15) is 22.7 Å². The van der Waals surface area contributed by atoms with Crippen molar-refractivity contribution in [1.29, 1.82) is 0 Å². The molecule has 1 aliphatic heterocycles. The smallest absolute Gasteiger partial charge is 0.408 e. The maximum atomic E-state index is 13.7. The quantitative estimate of drug-likeness (QED) is 0.821. The topological polar surface area (TPSA) is 38.3 Å². The van der Waals surface area contributed by atoms with Gasteiger partial charge in [-0.25, -0.2) is 13.6 Å². The third-order valence-electron chi connectivity index (χ3n) is 2.83. The minimum atomic E-state index is -3.09. The molecular weight excluding hydrogens is 228 g/mol. The first kappa shape index (κ1) is 11.8. The Balaban J connectivity index is 2.42. The van der Waals surface area contributed by atoms with Gasteiger partial charge in [-0.2, -0.15) is 0 Å². The number of carbonyl (C=O) groups excluding carboxylic acids is 1. The van der Waals surface area contributed by atoms with Crippen LogP contribution in [0, 0.1) is 13.8 Å². The van der Waals surface area contributed by atoms with E-state index >= 15 is 0 Å². The molecule has 2 rings (SSSR count). The van der Waals surface area contributed by atoms with Crippen LogP contribution in [0.2, 0.25) is 0 Å². The number of carbonyl (C=O) groups is 1. The summed E-state index contributed by atoms with van der Waals surface area (Å²) in [6, 6.07) is 3.96. The summed E-state index contributed by atoms with van der Waals surface area (Å²) >= 11 is 0. The predicted octanol–water partition coefficient (Wildman–Crippen LogP) is 2.72. The van der Waals surface area contributed by atoms with Crippen molar-refractivity contribution in [2.45, 2.75) is 25.8 Å². The Kier molecular flexibility index (Phi) is 2.77. The number of hydrogen-bond acceptors (Lipinski definition) is 2. The molecule has 1 atom stereocenters. The van der Waals surface area contributed by atoms with Crippen molar-refractivity contribution in [2.75, 3.05) is 6.61 Å². The molecule has 0 radical (unpaired) electrons. The summed E-state index contributed by atoms with van der Waals surface area (Å²) < 4.78 is 31.7. The summed E-state index contributed by atoms with van der Waals surface area (Å²) in [4.78, 5) is 11.1. The van der Waals surface area contributed by atoms with Gasteiger partial charge in [0.15, 0.2) is 6.61 Å². The van der Waals surface area contributed by atoms with E-state index in [-0.39, 0.29) is 0 Å². The number of alkyl halides is 2. The molecule has 1 aliphatic rings. The molecule has 0 aliphatic carbocycles. The van der Waals surface area contributed by atoms with Crippen LogP contribution in [0.4, 0.5) is 13.6 Å². The van der Waals surface area contributed by atoms with Crippen LogP contribution in [0.3, 0.4) is 0 Å². The Hall–Kier alpha value is -1.65. The van der Waals surface area contributed by atoms with Gasteiger partial charge in [0.05, 0.1) is 0 Å². The molecule has 1 saturated heterocycles. The highest BCUT2D eigenvalue weighted by molar-refractivity contribution is 5.69. The van der Waals surface area contributed by atoms with Crippen molar-refractivity contribution in [3.63, 3.8) is 0 Å². The van der Waals surface area contributed by atoms with E-state index in [1.807, 2.05) is 13.0 Å². The first-order valence-corrected chi connectivity index (χ1v) is 5.28. The molecular formula is C12H13F2NO2. The summed E-state index contributed by atoms with van der Waals surface area (Å²) in [6.45, 7) is 2.69. The maximum absolute atomic E-state index is 13.7. The Morgan fingerprint density at radius 2 is 2.12 bits per heavy atom. The van der Waals surface area contributed by atoms with E-state index in [1.54, 1.807) is 19.1 Å². The van der Waals surface area contributed by atoms with Crippen LogP contribution in [-0.4, -0.2) is 18.6 Å². The predicted molar refractivity (Wildman–Crippen MR) is 58.1 cm³/mol. The first-order chi connectivity index (χ1) is 7.90.